The number of piperazine rings is 1. The van der Waals surface area contributed by atoms with Crippen LogP contribution in [-0.2, 0) is 25.4 Å². The number of rotatable bonds is 3. The number of anilines is 1. The molecule has 0 radical (unpaired) electrons. The minimum absolute atomic E-state index is 0. The van der Waals surface area contributed by atoms with Crippen LogP contribution in [0.15, 0.2) is 9.59 Å². The van der Waals surface area contributed by atoms with Gasteiger partial charge in [-0.2, -0.15) is 4.98 Å². The molecule has 1 fully saturated rings. The third-order valence-corrected chi connectivity index (χ3v) is 4.11. The number of aromatic nitrogens is 4. The molecule has 3 heterocycles. The molecule has 0 aliphatic carbocycles. The Bertz CT molecular complexity index is 891. The fraction of sp³-hybridized carbons (Fsp3) is 0.571. The van der Waals surface area contributed by atoms with Crippen LogP contribution in [0.1, 0.15) is 6.92 Å². The molecule has 1 aliphatic heterocycles. The number of hydrogen-bond acceptors (Lipinski definition) is 6. The van der Waals surface area contributed by atoms with E-state index in [1.807, 2.05) is 4.90 Å². The molecule has 24 heavy (non-hydrogen) atoms. The Morgan fingerprint density at radius 3 is 2.38 bits per heavy atom. The molecule has 0 amide bonds. The molecule has 1 saturated heterocycles. The van der Waals surface area contributed by atoms with Crippen LogP contribution < -0.4 is 21.5 Å². The zero-order valence-corrected chi connectivity index (χ0v) is 14.7. The highest BCUT2D eigenvalue weighted by atomic mass is 35.5. The predicted octanol–water partition coefficient (Wildman–Crippen LogP) is -1.15. The van der Waals surface area contributed by atoms with Gasteiger partial charge in [-0.05, 0) is 6.92 Å². The average Bonchev–Trinajstić information content (AvgIpc) is 2.90. The summed E-state index contributed by atoms with van der Waals surface area (Å²) in [5.74, 6) is 0.492. The van der Waals surface area contributed by atoms with E-state index in [0.29, 0.717) is 17.1 Å². The lowest BCUT2D eigenvalue weighted by atomic mass is 10.4. The van der Waals surface area contributed by atoms with Gasteiger partial charge < -0.3 is 10.2 Å². The van der Waals surface area contributed by atoms with Crippen LogP contribution in [0.2, 0.25) is 0 Å². The summed E-state index contributed by atoms with van der Waals surface area (Å²) in [7, 11) is 3.01. The van der Waals surface area contributed by atoms with Crippen molar-refractivity contribution in [1.29, 1.82) is 0 Å². The first kappa shape index (κ1) is 18.2. The van der Waals surface area contributed by atoms with Crippen molar-refractivity contribution in [3.05, 3.63) is 20.8 Å². The summed E-state index contributed by atoms with van der Waals surface area (Å²) in [6.07, 6.45) is 0. The zero-order chi connectivity index (χ0) is 16.7. The molecule has 2 aromatic rings. The van der Waals surface area contributed by atoms with E-state index >= 15 is 0 Å². The first-order valence-electron chi connectivity index (χ1n) is 7.53. The van der Waals surface area contributed by atoms with Crippen LogP contribution in [0.25, 0.3) is 11.2 Å². The third-order valence-electron chi connectivity index (χ3n) is 4.11. The summed E-state index contributed by atoms with van der Waals surface area (Å²) < 4.78 is 4.02. The standard InChI is InChI=1S/C14H20N6O3.ClH/c1-9(21)8-20-10-11(17(2)14(23)18(3)12(10)22)16-13(20)19-6-4-15-5-7-19;/h15H,4-8H2,1-3H3;1H. The van der Waals surface area contributed by atoms with E-state index in [-0.39, 0.29) is 24.7 Å². The van der Waals surface area contributed by atoms with Crippen LogP contribution in [-0.4, -0.2) is 50.6 Å². The van der Waals surface area contributed by atoms with Crippen molar-refractivity contribution < 1.29 is 4.79 Å². The van der Waals surface area contributed by atoms with Crippen LogP contribution >= 0.6 is 12.4 Å². The van der Waals surface area contributed by atoms with Gasteiger partial charge in [0.1, 0.15) is 5.78 Å². The van der Waals surface area contributed by atoms with Crippen molar-refractivity contribution in [3.8, 4) is 0 Å². The molecule has 0 aromatic carbocycles. The first-order chi connectivity index (χ1) is 10.9. The quantitative estimate of drug-likeness (QED) is 0.746. The van der Waals surface area contributed by atoms with Crippen molar-refractivity contribution in [3.63, 3.8) is 0 Å². The maximum atomic E-state index is 12.5. The predicted molar refractivity (Wildman–Crippen MR) is 93.2 cm³/mol. The van der Waals surface area contributed by atoms with Crippen molar-refractivity contribution in [1.82, 2.24) is 24.0 Å². The Balaban J connectivity index is 0.00000208. The van der Waals surface area contributed by atoms with Crippen molar-refractivity contribution in [2.45, 2.75) is 13.5 Å². The normalized spacial score (nSPS) is 14.7. The maximum absolute atomic E-state index is 12.5. The van der Waals surface area contributed by atoms with Crippen LogP contribution in [0.5, 0.6) is 0 Å². The number of carbonyl (C=O) groups excluding carboxylic acids is 1. The van der Waals surface area contributed by atoms with E-state index < -0.39 is 11.2 Å². The second-order valence-corrected chi connectivity index (χ2v) is 5.81. The first-order valence-corrected chi connectivity index (χ1v) is 7.53. The lowest BCUT2D eigenvalue weighted by Crippen LogP contribution is -2.44. The number of Topliss-reactive ketones (excluding diaryl/α,β-unsaturated/α-hetero) is 1. The van der Waals surface area contributed by atoms with Gasteiger partial charge in [-0.1, -0.05) is 0 Å². The minimum atomic E-state index is -0.432. The Hall–Kier alpha value is -2.13. The Labute approximate surface area is 144 Å². The van der Waals surface area contributed by atoms with Gasteiger partial charge in [-0.3, -0.25) is 23.3 Å². The minimum Gasteiger partial charge on any atom is -0.340 e. The fourth-order valence-electron chi connectivity index (χ4n) is 2.91. The molecule has 1 aliphatic rings. The number of aryl methyl sites for hydroxylation is 1. The van der Waals surface area contributed by atoms with E-state index in [2.05, 4.69) is 10.3 Å². The van der Waals surface area contributed by atoms with Gasteiger partial charge in [0.15, 0.2) is 11.2 Å². The van der Waals surface area contributed by atoms with E-state index in [0.717, 1.165) is 30.7 Å². The topological polar surface area (TPSA) is 94.2 Å². The monoisotopic (exact) mass is 356 g/mol. The number of hydrogen-bond donors (Lipinski definition) is 1. The largest absolute Gasteiger partial charge is 0.340 e. The van der Waals surface area contributed by atoms with Crippen LogP contribution in [0, 0.1) is 0 Å². The van der Waals surface area contributed by atoms with Crippen LogP contribution in [0.3, 0.4) is 0 Å². The number of halogens is 1. The third kappa shape index (κ3) is 2.84. The molecule has 10 heteroatoms. The number of fused-ring (bicyclic) bond motifs is 1. The molecular formula is C14H21ClN6O3. The molecule has 9 nitrogen and oxygen atoms in total. The van der Waals surface area contributed by atoms with Crippen molar-refractivity contribution in [2.75, 3.05) is 31.1 Å². The lowest BCUT2D eigenvalue weighted by molar-refractivity contribution is -0.117. The second-order valence-electron chi connectivity index (χ2n) is 5.81. The molecule has 0 atom stereocenters. The van der Waals surface area contributed by atoms with Gasteiger partial charge in [0, 0.05) is 40.3 Å². The van der Waals surface area contributed by atoms with Crippen molar-refractivity contribution >= 4 is 35.3 Å². The van der Waals surface area contributed by atoms with E-state index in [1.165, 1.54) is 18.5 Å². The molecule has 0 bridgehead atoms. The summed E-state index contributed by atoms with van der Waals surface area (Å²) in [5.41, 5.74) is -0.258. The van der Waals surface area contributed by atoms with Crippen LogP contribution in [0.4, 0.5) is 5.95 Å². The Morgan fingerprint density at radius 2 is 1.79 bits per heavy atom. The highest BCUT2D eigenvalue weighted by Crippen LogP contribution is 2.20. The SMILES string of the molecule is CC(=O)Cn1c(N2CCNCC2)nc2c1c(=O)n(C)c(=O)n2C.Cl. The molecule has 2 aromatic heterocycles. The number of ketones is 1. The van der Waals surface area contributed by atoms with Gasteiger partial charge in [0.25, 0.3) is 5.56 Å². The molecule has 0 spiro atoms. The van der Waals surface area contributed by atoms with E-state index in [9.17, 15) is 14.4 Å². The van der Waals surface area contributed by atoms with Crippen molar-refractivity contribution in [2.24, 2.45) is 14.1 Å². The molecular weight excluding hydrogens is 336 g/mol. The highest BCUT2D eigenvalue weighted by Gasteiger charge is 2.24. The van der Waals surface area contributed by atoms with Gasteiger partial charge in [0.05, 0.1) is 6.54 Å². The maximum Gasteiger partial charge on any atom is 0.332 e. The zero-order valence-electron chi connectivity index (χ0n) is 13.9. The van der Waals surface area contributed by atoms with Gasteiger partial charge >= 0.3 is 5.69 Å². The molecule has 1 N–H and O–H groups in total. The smallest absolute Gasteiger partial charge is 0.332 e. The fourth-order valence-corrected chi connectivity index (χ4v) is 2.91. The Morgan fingerprint density at radius 1 is 1.17 bits per heavy atom. The number of imidazole rings is 1. The summed E-state index contributed by atoms with van der Waals surface area (Å²) >= 11 is 0. The highest BCUT2D eigenvalue weighted by molar-refractivity contribution is 5.85. The Kier molecular flexibility index (Phi) is 5.14. The molecule has 0 unspecified atom stereocenters. The van der Waals surface area contributed by atoms with Gasteiger partial charge in [0.2, 0.25) is 5.95 Å². The summed E-state index contributed by atoms with van der Waals surface area (Å²) in [5, 5.41) is 3.25. The van der Waals surface area contributed by atoms with Gasteiger partial charge in [-0.25, -0.2) is 4.79 Å². The lowest BCUT2D eigenvalue weighted by Gasteiger charge is -2.28. The number of carbonyl (C=O) groups is 1. The molecule has 132 valence electrons. The number of nitrogens with zero attached hydrogens (tertiary/aromatic N) is 5. The van der Waals surface area contributed by atoms with Gasteiger partial charge in [-0.15, -0.1) is 12.4 Å². The summed E-state index contributed by atoms with van der Waals surface area (Å²) in [6, 6.07) is 0. The molecule has 0 saturated carbocycles. The van der Waals surface area contributed by atoms with E-state index in [1.54, 1.807) is 11.6 Å². The summed E-state index contributed by atoms with van der Waals surface area (Å²) in [6.45, 7) is 4.61. The van der Waals surface area contributed by atoms with E-state index in [4.69, 9.17) is 0 Å². The number of nitrogens with one attached hydrogen (secondary N) is 1. The summed E-state index contributed by atoms with van der Waals surface area (Å²) in [4.78, 5) is 42.9. The second kappa shape index (κ2) is 6.78. The molecule has 3 rings (SSSR count). The average molecular weight is 357 g/mol.